The Labute approximate surface area is 163 Å². The highest BCUT2D eigenvalue weighted by Gasteiger charge is 2.37. The topological polar surface area (TPSA) is 50.3 Å². The summed E-state index contributed by atoms with van der Waals surface area (Å²) in [6.07, 6.45) is 0. The van der Waals surface area contributed by atoms with Crippen LogP contribution < -0.4 is 0 Å². The maximum atomic E-state index is 13.4. The minimum absolute atomic E-state index is 0.130. The van der Waals surface area contributed by atoms with Crippen molar-refractivity contribution in [1.29, 1.82) is 0 Å². The van der Waals surface area contributed by atoms with Gasteiger partial charge in [0.15, 0.2) is 0 Å². The molecule has 26 heavy (non-hydrogen) atoms. The quantitative estimate of drug-likeness (QED) is 0.544. The molecule has 0 bridgehead atoms. The lowest BCUT2D eigenvalue weighted by molar-refractivity contribution is 0.378. The lowest BCUT2D eigenvalue weighted by Crippen LogP contribution is -2.40. The lowest BCUT2D eigenvalue weighted by Gasteiger charge is -2.32. The van der Waals surface area contributed by atoms with Crippen LogP contribution in [-0.2, 0) is 10.0 Å². The molecule has 7 heteroatoms. The van der Waals surface area contributed by atoms with Crippen LogP contribution in [0, 0.1) is 13.8 Å². The first kappa shape index (κ1) is 19.4. The molecule has 138 valence electrons. The van der Waals surface area contributed by atoms with Crippen molar-refractivity contribution in [3.05, 3.63) is 53.6 Å². The molecule has 0 aliphatic rings. The Morgan fingerprint density at radius 1 is 1.08 bits per heavy atom. The number of rotatable bonds is 4. The highest BCUT2D eigenvalue weighted by molar-refractivity contribution is 8.09. The van der Waals surface area contributed by atoms with Crippen molar-refractivity contribution in [1.82, 2.24) is 8.69 Å². The van der Waals surface area contributed by atoms with Crippen LogP contribution in [0.15, 0.2) is 51.7 Å². The fourth-order valence-electron chi connectivity index (χ4n) is 2.57. The predicted octanol–water partition coefficient (Wildman–Crippen LogP) is 5.41. The second-order valence-electron chi connectivity index (χ2n) is 7.21. The van der Waals surface area contributed by atoms with Crippen LogP contribution in [0.2, 0.25) is 0 Å². The van der Waals surface area contributed by atoms with Crippen molar-refractivity contribution in [3.8, 4) is 0 Å². The van der Waals surface area contributed by atoms with Crippen LogP contribution in [0.25, 0.3) is 10.2 Å². The molecule has 0 saturated carbocycles. The van der Waals surface area contributed by atoms with E-state index >= 15 is 0 Å². The Balaban J connectivity index is 2.06. The molecular formula is C19H22N2O2S3. The van der Waals surface area contributed by atoms with Crippen LogP contribution >= 0.6 is 23.3 Å². The third-order valence-corrected chi connectivity index (χ3v) is 9.18. The van der Waals surface area contributed by atoms with E-state index < -0.39 is 15.6 Å². The lowest BCUT2D eigenvalue weighted by atomic mass is 10.1. The van der Waals surface area contributed by atoms with Crippen molar-refractivity contribution < 1.29 is 8.42 Å². The maximum Gasteiger partial charge on any atom is 0.280 e. The van der Waals surface area contributed by atoms with Crippen LogP contribution in [0.5, 0.6) is 0 Å². The van der Waals surface area contributed by atoms with Gasteiger partial charge in [-0.1, -0.05) is 29.8 Å². The van der Waals surface area contributed by atoms with E-state index in [1.807, 2.05) is 71.0 Å². The van der Waals surface area contributed by atoms with Gasteiger partial charge in [-0.3, -0.25) is 0 Å². The van der Waals surface area contributed by atoms with Gasteiger partial charge in [0, 0.05) is 10.4 Å². The van der Waals surface area contributed by atoms with Crippen molar-refractivity contribution in [2.24, 2.45) is 0 Å². The van der Waals surface area contributed by atoms with E-state index in [0.29, 0.717) is 5.52 Å². The number of hydrogen-bond acceptors (Lipinski definition) is 5. The number of fused-ring (bicyclic) bond motifs is 1. The van der Waals surface area contributed by atoms with Crippen molar-refractivity contribution >= 4 is 43.5 Å². The molecule has 4 nitrogen and oxygen atoms in total. The van der Waals surface area contributed by atoms with Gasteiger partial charge in [0.05, 0.1) is 10.2 Å². The van der Waals surface area contributed by atoms with E-state index in [9.17, 15) is 8.42 Å². The number of aryl methyl sites for hydroxylation is 2. The number of hydrogen-bond donors (Lipinski definition) is 0. The Hall–Kier alpha value is -1.41. The van der Waals surface area contributed by atoms with Crippen molar-refractivity contribution in [3.63, 3.8) is 0 Å². The number of para-hydroxylation sites is 1. The summed E-state index contributed by atoms with van der Waals surface area (Å²) in [4.78, 5) is 5.30. The van der Waals surface area contributed by atoms with Gasteiger partial charge >= 0.3 is 0 Å². The van der Waals surface area contributed by atoms with Gasteiger partial charge in [0.25, 0.3) is 10.0 Å². The van der Waals surface area contributed by atoms with E-state index in [1.165, 1.54) is 27.0 Å². The molecule has 0 unspecified atom stereocenters. The summed E-state index contributed by atoms with van der Waals surface area (Å²) < 4.78 is 29.2. The molecule has 3 aromatic rings. The minimum Gasteiger partial charge on any atom is -0.224 e. The van der Waals surface area contributed by atoms with Gasteiger partial charge in [0.1, 0.15) is 0 Å². The van der Waals surface area contributed by atoms with Crippen LogP contribution in [0.1, 0.15) is 31.9 Å². The van der Waals surface area contributed by atoms with Gasteiger partial charge in [-0.25, -0.2) is 13.4 Å². The number of sulfonamides is 1. The summed E-state index contributed by atoms with van der Waals surface area (Å²) >= 11 is 2.47. The largest absolute Gasteiger partial charge is 0.280 e. The predicted molar refractivity (Wildman–Crippen MR) is 110 cm³/mol. The normalized spacial score (nSPS) is 12.8. The van der Waals surface area contributed by atoms with Gasteiger partial charge in [-0.2, -0.15) is 0 Å². The third-order valence-electron chi connectivity index (χ3n) is 3.77. The zero-order chi connectivity index (χ0) is 19.1. The molecule has 0 spiro atoms. The Bertz CT molecular complexity index is 1020. The first-order valence-electron chi connectivity index (χ1n) is 8.25. The van der Waals surface area contributed by atoms with E-state index in [-0.39, 0.29) is 4.34 Å². The minimum atomic E-state index is -3.74. The molecule has 2 aromatic carbocycles. The molecule has 3 rings (SSSR count). The van der Waals surface area contributed by atoms with Gasteiger partial charge < -0.3 is 0 Å². The third kappa shape index (κ3) is 3.81. The molecule has 0 fully saturated rings. The Morgan fingerprint density at radius 3 is 2.38 bits per heavy atom. The molecule has 0 N–H and O–H groups in total. The van der Waals surface area contributed by atoms with E-state index in [1.54, 1.807) is 0 Å². The number of benzene rings is 2. The van der Waals surface area contributed by atoms with Gasteiger partial charge in [-0.05, 0) is 70.3 Å². The molecule has 0 radical (unpaired) electrons. The van der Waals surface area contributed by atoms with E-state index in [0.717, 1.165) is 20.7 Å². The second-order valence-corrected chi connectivity index (χ2v) is 11.4. The fraction of sp³-hybridized carbons (Fsp3) is 0.316. The number of thiazole rings is 1. The Morgan fingerprint density at radius 2 is 1.77 bits per heavy atom. The molecular weight excluding hydrogens is 384 g/mol. The van der Waals surface area contributed by atoms with Crippen LogP contribution in [-0.4, -0.2) is 22.7 Å². The zero-order valence-electron chi connectivity index (χ0n) is 15.5. The van der Waals surface area contributed by atoms with Gasteiger partial charge in [0.2, 0.25) is 4.34 Å². The van der Waals surface area contributed by atoms with E-state index in [4.69, 9.17) is 0 Å². The van der Waals surface area contributed by atoms with Gasteiger partial charge in [-0.15, -0.1) is 15.0 Å². The summed E-state index contributed by atoms with van der Waals surface area (Å²) in [5.41, 5.74) is 2.33. The molecule has 0 aliphatic heterocycles. The van der Waals surface area contributed by atoms with Crippen LogP contribution in [0.3, 0.4) is 0 Å². The first-order valence-corrected chi connectivity index (χ1v) is 11.3. The SMILES string of the molecule is Cc1ccc(SN(C(C)(C)C)S(=O)(=O)c2nc3ccccc3s2)c(C)c1. The molecule has 0 atom stereocenters. The number of nitrogens with zero attached hydrogens (tertiary/aromatic N) is 2. The average Bonchev–Trinajstić information content (AvgIpc) is 2.97. The van der Waals surface area contributed by atoms with E-state index in [2.05, 4.69) is 11.1 Å². The molecule has 0 amide bonds. The standard InChI is InChI=1S/C19H22N2O2S3/c1-13-10-11-16(14(2)12-13)25-21(19(3,4)5)26(22,23)18-20-15-8-6-7-9-17(15)24-18/h6-12H,1-5H3. The van der Waals surface area contributed by atoms with Crippen molar-refractivity contribution in [2.45, 2.75) is 49.4 Å². The summed E-state index contributed by atoms with van der Waals surface area (Å²) in [6, 6.07) is 13.5. The zero-order valence-corrected chi connectivity index (χ0v) is 17.9. The van der Waals surface area contributed by atoms with Crippen molar-refractivity contribution in [2.75, 3.05) is 0 Å². The summed E-state index contributed by atoms with van der Waals surface area (Å²) in [5, 5.41) is 0. The maximum absolute atomic E-state index is 13.4. The molecule has 1 heterocycles. The second kappa shape index (κ2) is 6.96. The summed E-state index contributed by atoms with van der Waals surface area (Å²) in [6.45, 7) is 9.72. The molecule has 0 aliphatic carbocycles. The summed E-state index contributed by atoms with van der Waals surface area (Å²) in [7, 11) is -3.74. The van der Waals surface area contributed by atoms with Crippen LogP contribution in [0.4, 0.5) is 0 Å². The first-order chi connectivity index (χ1) is 12.1. The summed E-state index contributed by atoms with van der Waals surface area (Å²) in [5.74, 6) is 0. The number of aromatic nitrogens is 1. The highest BCUT2D eigenvalue weighted by atomic mass is 32.3. The monoisotopic (exact) mass is 406 g/mol. The smallest absolute Gasteiger partial charge is 0.224 e. The fourth-order valence-corrected chi connectivity index (χ4v) is 7.03. The molecule has 0 saturated heterocycles. The highest BCUT2D eigenvalue weighted by Crippen LogP contribution is 2.39. The Kier molecular flexibility index (Phi) is 5.18. The molecule has 1 aromatic heterocycles. The average molecular weight is 407 g/mol.